The summed E-state index contributed by atoms with van der Waals surface area (Å²) in [5.41, 5.74) is 0. The van der Waals surface area contributed by atoms with Gasteiger partial charge in [0.2, 0.25) is 0 Å². The first-order valence-corrected chi connectivity index (χ1v) is 39.5. The molecule has 95 heavy (non-hydrogen) atoms. The van der Waals surface area contributed by atoms with Crippen LogP contribution in [-0.2, 0) is 55.8 Å². The lowest BCUT2D eigenvalue weighted by Crippen LogP contribution is -2.30. The Morgan fingerprint density at radius 2 is 0.558 bits per heavy atom. The summed E-state index contributed by atoms with van der Waals surface area (Å²) in [7, 11) is -9.80. The molecule has 544 valence electrons. The highest BCUT2D eigenvalue weighted by molar-refractivity contribution is 7.47. The van der Waals surface area contributed by atoms with E-state index in [2.05, 4.69) is 154 Å². The van der Waals surface area contributed by atoms with Crippen molar-refractivity contribution in [1.82, 2.24) is 0 Å². The van der Waals surface area contributed by atoms with Crippen LogP contribution in [0.2, 0.25) is 0 Å². The summed E-state index contributed by atoms with van der Waals surface area (Å²) in [6.45, 7) is 2.37. The molecule has 0 radical (unpaired) electrons. The number of phosphoric acid groups is 2. The van der Waals surface area contributed by atoms with Crippen LogP contribution in [0.5, 0.6) is 0 Å². The number of allylic oxidation sites excluding steroid dienone is 22. The quantitative estimate of drug-likeness (QED) is 0.0146. The minimum absolute atomic E-state index is 0.0841. The molecule has 0 aliphatic rings. The van der Waals surface area contributed by atoms with Crippen LogP contribution in [0, 0.1) is 0 Å². The second-order valence-electron chi connectivity index (χ2n) is 24.0. The first-order valence-electron chi connectivity index (χ1n) is 36.5. The van der Waals surface area contributed by atoms with Gasteiger partial charge in [0.15, 0.2) is 6.10 Å². The lowest BCUT2D eigenvalue weighted by atomic mass is 10.0. The molecule has 0 saturated heterocycles. The minimum Gasteiger partial charge on any atom is -0.463 e. The van der Waals surface area contributed by atoms with Crippen LogP contribution in [-0.4, -0.2) is 95.9 Å². The fraction of sp³-hybridized carbons (Fsp3) is 0.675. The van der Waals surface area contributed by atoms with Crippen molar-refractivity contribution in [2.75, 3.05) is 39.6 Å². The van der Waals surface area contributed by atoms with Crippen molar-refractivity contribution >= 4 is 33.6 Å². The van der Waals surface area contributed by atoms with Crippen LogP contribution in [0.15, 0.2) is 134 Å². The lowest BCUT2D eigenvalue weighted by Gasteiger charge is -2.21. The molecule has 0 aromatic rings. The molecule has 5 unspecified atom stereocenters. The molecule has 0 aliphatic heterocycles. The number of hydrogen-bond acceptors (Lipinski definition) is 14. The molecular formula is C77H130O16P2. The average Bonchev–Trinajstić information content (AvgIpc) is 1.81. The van der Waals surface area contributed by atoms with Crippen LogP contribution in [0.1, 0.15) is 278 Å². The zero-order valence-corrected chi connectivity index (χ0v) is 60.8. The van der Waals surface area contributed by atoms with E-state index in [4.69, 9.17) is 32.3 Å². The first-order chi connectivity index (χ1) is 46.2. The zero-order valence-electron chi connectivity index (χ0n) is 59.0. The summed E-state index contributed by atoms with van der Waals surface area (Å²) in [6.07, 6.45) is 82.2. The van der Waals surface area contributed by atoms with Gasteiger partial charge in [-0.1, -0.05) is 257 Å². The molecule has 0 aromatic carbocycles. The number of esters is 3. The topological polar surface area (TPSA) is 231 Å². The third-order valence-electron chi connectivity index (χ3n) is 14.8. The van der Waals surface area contributed by atoms with Crippen LogP contribution < -0.4 is 0 Å². The SMILES string of the molecule is CC/C=C\C/C=C\C/C=C\C/C=C\C/C=C\CCCCCCCCCCCCCC(=O)OCC(O)COP(=O)(O)OCC(O)COP(=O)(O)OCC(COC(=O)CCCCC/C=C\C/C=C\C/C=C\C/C=C\C/C=C\CC)OC(=O)CCCCCCC/C=C\CCCCCC. The molecule has 0 aromatic heterocycles. The molecule has 0 saturated carbocycles. The predicted octanol–water partition coefficient (Wildman–Crippen LogP) is 20.8. The van der Waals surface area contributed by atoms with Gasteiger partial charge >= 0.3 is 33.6 Å². The Kier molecular flexibility index (Phi) is 66.4. The van der Waals surface area contributed by atoms with E-state index in [1.165, 1.54) is 70.6 Å². The van der Waals surface area contributed by atoms with Gasteiger partial charge in [-0.2, -0.15) is 0 Å². The molecule has 18 heteroatoms. The molecule has 0 amide bonds. The minimum atomic E-state index is -4.94. The molecule has 0 aliphatic carbocycles. The van der Waals surface area contributed by atoms with Crippen molar-refractivity contribution in [2.24, 2.45) is 0 Å². The summed E-state index contributed by atoms with van der Waals surface area (Å²) in [6, 6.07) is 0. The molecule has 0 fully saturated rings. The highest BCUT2D eigenvalue weighted by atomic mass is 31.2. The predicted molar refractivity (Wildman–Crippen MR) is 390 cm³/mol. The van der Waals surface area contributed by atoms with Crippen molar-refractivity contribution in [3.63, 3.8) is 0 Å². The highest BCUT2D eigenvalue weighted by Crippen LogP contribution is 2.45. The first kappa shape index (κ1) is 90.7. The van der Waals surface area contributed by atoms with E-state index >= 15 is 0 Å². The van der Waals surface area contributed by atoms with E-state index in [1.807, 2.05) is 0 Å². The highest BCUT2D eigenvalue weighted by Gasteiger charge is 2.29. The van der Waals surface area contributed by atoms with E-state index in [-0.39, 0.29) is 19.3 Å². The summed E-state index contributed by atoms with van der Waals surface area (Å²) in [5, 5.41) is 20.6. The summed E-state index contributed by atoms with van der Waals surface area (Å²) < 4.78 is 60.9. The van der Waals surface area contributed by atoms with Gasteiger partial charge in [-0.3, -0.25) is 32.5 Å². The van der Waals surface area contributed by atoms with Gasteiger partial charge in [0.05, 0.1) is 26.4 Å². The van der Waals surface area contributed by atoms with E-state index in [1.54, 1.807) is 0 Å². The van der Waals surface area contributed by atoms with Crippen LogP contribution in [0.3, 0.4) is 0 Å². The van der Waals surface area contributed by atoms with Gasteiger partial charge in [-0.05, 0) is 135 Å². The second kappa shape index (κ2) is 69.6. The summed E-state index contributed by atoms with van der Waals surface area (Å²) >= 11 is 0. The number of phosphoric ester groups is 2. The van der Waals surface area contributed by atoms with Crippen molar-refractivity contribution < 1.29 is 75.8 Å². The summed E-state index contributed by atoms with van der Waals surface area (Å²) in [4.78, 5) is 58.4. The number of aliphatic hydroxyl groups is 2. The molecule has 0 spiro atoms. The van der Waals surface area contributed by atoms with E-state index in [0.717, 1.165) is 148 Å². The number of aliphatic hydroxyl groups excluding tert-OH is 2. The second-order valence-corrected chi connectivity index (χ2v) is 26.9. The maximum absolute atomic E-state index is 12.9. The van der Waals surface area contributed by atoms with Gasteiger partial charge in [-0.15, -0.1) is 0 Å². The largest absolute Gasteiger partial charge is 0.472 e. The number of hydrogen-bond donors (Lipinski definition) is 4. The summed E-state index contributed by atoms with van der Waals surface area (Å²) in [5.74, 6) is -1.63. The number of carbonyl (C=O) groups is 3. The molecule has 4 N–H and O–H groups in total. The van der Waals surface area contributed by atoms with Gasteiger partial charge in [0, 0.05) is 19.3 Å². The number of ether oxygens (including phenoxy) is 3. The van der Waals surface area contributed by atoms with E-state index in [9.17, 15) is 43.5 Å². The van der Waals surface area contributed by atoms with Crippen molar-refractivity contribution in [3.8, 4) is 0 Å². The average molecular weight is 1370 g/mol. The molecule has 16 nitrogen and oxygen atoms in total. The van der Waals surface area contributed by atoms with Gasteiger partial charge in [0.25, 0.3) is 0 Å². The Balaban J connectivity index is 4.56. The van der Waals surface area contributed by atoms with Crippen molar-refractivity contribution in [3.05, 3.63) is 134 Å². The van der Waals surface area contributed by atoms with Gasteiger partial charge in [-0.25, -0.2) is 9.13 Å². The normalized spacial score (nSPS) is 14.9. The van der Waals surface area contributed by atoms with Gasteiger partial charge in [0.1, 0.15) is 25.4 Å². The van der Waals surface area contributed by atoms with Crippen LogP contribution in [0.25, 0.3) is 0 Å². The van der Waals surface area contributed by atoms with E-state index < -0.39 is 91.5 Å². The molecule has 5 atom stereocenters. The standard InChI is InChI=1S/C77H130O16P2/c1-4-7-10-13-16-19-22-25-27-29-31-32-33-34-35-36-37-38-40-42-43-46-48-51-54-57-60-63-75(80)87-66-72(78)67-89-94(83,84)90-68-73(79)69-91-95(85,86)92-71-74(93-77(82)65-62-59-56-53-50-45-24-21-18-15-12-9-6-3)70-88-76(81)64-61-58-55-52-49-47-44-41-39-30-28-26-23-20-17-14-11-8-5-2/h7-8,10-11,16-17,19-21,24-28,31-32,34-35,39,41,47,49,72-74,78-79H,4-6,9,12-15,18,22-23,29-30,33,36-38,40,42-46,48,50-71H2,1-3H3,(H,83,84)(H,85,86)/b10-7-,11-8-,19-16-,20-17-,24-21-,27-25-,28-26-,32-31-,35-34-,41-39-,49-47-. The third-order valence-corrected chi connectivity index (χ3v) is 16.7. The molecule has 0 bridgehead atoms. The zero-order chi connectivity index (χ0) is 69.5. The van der Waals surface area contributed by atoms with Crippen molar-refractivity contribution in [1.29, 1.82) is 0 Å². The molecule has 0 heterocycles. The Bertz CT molecular complexity index is 2260. The fourth-order valence-electron chi connectivity index (χ4n) is 9.32. The monoisotopic (exact) mass is 1370 g/mol. The molecule has 0 rings (SSSR count). The smallest absolute Gasteiger partial charge is 0.463 e. The Hall–Kier alpha value is -4.31. The van der Waals surface area contributed by atoms with Crippen molar-refractivity contribution in [2.45, 2.75) is 296 Å². The third kappa shape index (κ3) is 70.8. The fourth-order valence-corrected chi connectivity index (χ4v) is 10.9. The van der Waals surface area contributed by atoms with Crippen LogP contribution >= 0.6 is 15.6 Å². The maximum Gasteiger partial charge on any atom is 0.472 e. The number of unbranched alkanes of at least 4 members (excludes halogenated alkanes) is 23. The van der Waals surface area contributed by atoms with Crippen LogP contribution in [0.4, 0.5) is 0 Å². The number of carbonyl (C=O) groups excluding carboxylic acids is 3. The lowest BCUT2D eigenvalue weighted by molar-refractivity contribution is -0.161. The van der Waals surface area contributed by atoms with Gasteiger partial charge < -0.3 is 34.2 Å². The number of rotatable bonds is 68. The Morgan fingerprint density at radius 1 is 0.305 bits per heavy atom. The molecular weight excluding hydrogens is 1240 g/mol. The van der Waals surface area contributed by atoms with E-state index in [0.29, 0.717) is 19.3 Å². The maximum atomic E-state index is 12.9. The Labute approximate surface area is 575 Å². The Morgan fingerprint density at radius 3 is 0.905 bits per heavy atom.